The number of para-hydroxylation sites is 1. The molecule has 0 saturated carbocycles. The first-order valence-corrected chi connectivity index (χ1v) is 12.1. The van der Waals surface area contributed by atoms with Gasteiger partial charge in [0, 0.05) is 45.9 Å². The second kappa shape index (κ2) is 9.37. The number of carbonyl (C=O) groups excluding carboxylic acids is 1. The van der Waals surface area contributed by atoms with Crippen LogP contribution in [0.4, 0.5) is 17.1 Å². The number of nitrogens with zero attached hydrogens (tertiary/aromatic N) is 1. The molecule has 3 aromatic rings. The first kappa shape index (κ1) is 23.6. The summed E-state index contributed by atoms with van der Waals surface area (Å²) in [5.74, 6) is -0.489. The molecule has 1 aliphatic heterocycles. The van der Waals surface area contributed by atoms with Gasteiger partial charge in [-0.1, -0.05) is 29.8 Å². The molecule has 4 N–H and O–H groups in total. The second-order valence-electron chi connectivity index (χ2n) is 9.13. The Labute approximate surface area is 208 Å². The molecule has 1 aliphatic rings. The minimum absolute atomic E-state index is 0.0539. The Morgan fingerprint density at radius 2 is 1.97 bits per heavy atom. The molecular weight excluding hydrogens is 500 g/mol. The number of carbonyl (C=O) groups is 1. The van der Waals surface area contributed by atoms with Gasteiger partial charge in [0.05, 0.1) is 16.9 Å². The summed E-state index contributed by atoms with van der Waals surface area (Å²) in [5.41, 5.74) is 11.7. The predicted molar refractivity (Wildman–Crippen MR) is 142 cm³/mol. The molecule has 7 heteroatoms. The number of hydrogen-bond donors (Lipinski definition) is 3. The van der Waals surface area contributed by atoms with Crippen molar-refractivity contribution < 1.29 is 4.79 Å². The maximum absolute atomic E-state index is 12.3. The molecule has 0 bridgehead atoms. The van der Waals surface area contributed by atoms with Crippen molar-refractivity contribution in [1.29, 1.82) is 0 Å². The van der Waals surface area contributed by atoms with Crippen LogP contribution < -0.4 is 21.3 Å². The summed E-state index contributed by atoms with van der Waals surface area (Å²) in [6, 6.07) is 17.6. The van der Waals surface area contributed by atoms with E-state index in [0.717, 1.165) is 52.2 Å². The van der Waals surface area contributed by atoms with Crippen LogP contribution in [-0.2, 0) is 0 Å². The Bertz CT molecular complexity index is 1190. The second-order valence-corrected chi connectivity index (χ2v) is 10.4. The van der Waals surface area contributed by atoms with Gasteiger partial charge in [-0.15, -0.1) is 0 Å². The van der Waals surface area contributed by atoms with Gasteiger partial charge in [-0.05, 0) is 84.2 Å². The van der Waals surface area contributed by atoms with Gasteiger partial charge in [0.1, 0.15) is 0 Å². The van der Waals surface area contributed by atoms with Crippen molar-refractivity contribution in [3.05, 3.63) is 75.2 Å². The van der Waals surface area contributed by atoms with Gasteiger partial charge in [-0.25, -0.2) is 0 Å². The molecule has 4 rings (SSSR count). The summed E-state index contributed by atoms with van der Waals surface area (Å²) in [6.45, 7) is 9.21. The quantitative estimate of drug-likeness (QED) is 0.374. The molecule has 0 atom stereocenters. The van der Waals surface area contributed by atoms with Crippen LogP contribution in [0.1, 0.15) is 29.8 Å². The minimum atomic E-state index is -0.489. The maximum Gasteiger partial charge on any atom is 0.250 e. The number of nitrogens with two attached hydrogens (primary N) is 1. The molecule has 0 aromatic heterocycles. The summed E-state index contributed by atoms with van der Waals surface area (Å²) in [7, 11) is 0. The largest absolute Gasteiger partial charge is 0.368 e. The van der Waals surface area contributed by atoms with Crippen LogP contribution in [0.5, 0.6) is 0 Å². The fourth-order valence-corrected chi connectivity index (χ4v) is 5.28. The number of rotatable bonds is 5. The third kappa shape index (κ3) is 5.35. The van der Waals surface area contributed by atoms with Crippen LogP contribution in [0.25, 0.3) is 11.1 Å². The van der Waals surface area contributed by atoms with Crippen LogP contribution >= 0.6 is 27.5 Å². The number of anilines is 3. The summed E-state index contributed by atoms with van der Waals surface area (Å²) in [6.07, 6.45) is 0. The van der Waals surface area contributed by atoms with Gasteiger partial charge in [0.2, 0.25) is 0 Å². The Balaban J connectivity index is 1.75. The first-order valence-electron chi connectivity index (χ1n) is 10.9. The smallest absolute Gasteiger partial charge is 0.250 e. The van der Waals surface area contributed by atoms with Gasteiger partial charge < -0.3 is 21.3 Å². The number of nitrogens with one attached hydrogen (secondary N) is 2. The van der Waals surface area contributed by atoms with Gasteiger partial charge >= 0.3 is 0 Å². The van der Waals surface area contributed by atoms with Crippen molar-refractivity contribution >= 4 is 50.5 Å². The molecule has 0 spiro atoms. The van der Waals surface area contributed by atoms with Crippen LogP contribution in [0.15, 0.2) is 59.1 Å². The number of primary amides is 1. The number of piperazine rings is 1. The Hall–Kier alpha value is -2.54. The van der Waals surface area contributed by atoms with Crippen LogP contribution in [0.3, 0.4) is 0 Å². The van der Waals surface area contributed by atoms with E-state index in [1.807, 2.05) is 37.3 Å². The first-order chi connectivity index (χ1) is 15.6. The lowest BCUT2D eigenvalue weighted by Gasteiger charge is -2.40. The summed E-state index contributed by atoms with van der Waals surface area (Å²) in [5, 5.41) is 7.57. The minimum Gasteiger partial charge on any atom is -0.368 e. The van der Waals surface area contributed by atoms with E-state index >= 15 is 0 Å². The van der Waals surface area contributed by atoms with E-state index in [9.17, 15) is 4.79 Å². The summed E-state index contributed by atoms with van der Waals surface area (Å²) >= 11 is 10.0. The fourth-order valence-electron chi connectivity index (χ4n) is 4.36. The molecule has 1 fully saturated rings. The zero-order chi connectivity index (χ0) is 23.8. The van der Waals surface area contributed by atoms with E-state index in [2.05, 4.69) is 63.5 Å². The maximum atomic E-state index is 12.3. The summed E-state index contributed by atoms with van der Waals surface area (Å²) < 4.78 is 1.01. The van der Waals surface area contributed by atoms with Gasteiger partial charge in [0.25, 0.3) is 5.91 Å². The SMILES string of the molecule is Cc1cc(Cl)cc(Nc2c(C(N)=O)cccc2-c2ccc(N3CCNC(C)(C)C3)c(Br)c2)c1. The molecule has 172 valence electrons. The molecule has 1 heterocycles. The van der Waals surface area contributed by atoms with Crippen LogP contribution in [-0.4, -0.2) is 31.1 Å². The highest BCUT2D eigenvalue weighted by Crippen LogP contribution is 2.38. The van der Waals surface area contributed by atoms with Crippen molar-refractivity contribution in [3.63, 3.8) is 0 Å². The predicted octanol–water partition coefficient (Wildman–Crippen LogP) is 6.11. The van der Waals surface area contributed by atoms with Crippen molar-refractivity contribution in [2.24, 2.45) is 5.73 Å². The van der Waals surface area contributed by atoms with Crippen molar-refractivity contribution in [2.45, 2.75) is 26.3 Å². The summed E-state index contributed by atoms with van der Waals surface area (Å²) in [4.78, 5) is 14.6. The zero-order valence-corrected chi connectivity index (χ0v) is 21.3. The number of aryl methyl sites for hydroxylation is 1. The third-order valence-corrected chi connectivity index (χ3v) is 6.67. The van der Waals surface area contributed by atoms with Crippen molar-refractivity contribution in [3.8, 4) is 11.1 Å². The Morgan fingerprint density at radius 1 is 1.18 bits per heavy atom. The lowest BCUT2D eigenvalue weighted by molar-refractivity contribution is 0.100. The van der Waals surface area contributed by atoms with Crippen molar-refractivity contribution in [1.82, 2.24) is 5.32 Å². The van der Waals surface area contributed by atoms with E-state index < -0.39 is 5.91 Å². The number of hydrogen-bond acceptors (Lipinski definition) is 4. The highest BCUT2D eigenvalue weighted by Gasteiger charge is 2.27. The monoisotopic (exact) mass is 526 g/mol. The average molecular weight is 528 g/mol. The average Bonchev–Trinajstić information content (AvgIpc) is 2.72. The standard InChI is InChI=1S/C26H28BrClN4O/c1-16-11-18(28)14-19(12-16)31-24-20(5-4-6-21(24)25(29)33)17-7-8-23(22(27)13-17)32-10-9-30-26(2,3)15-32/h4-8,11-14,30-31H,9-10,15H2,1-3H3,(H2,29,33). The molecule has 5 nitrogen and oxygen atoms in total. The van der Waals surface area contributed by atoms with Gasteiger partial charge in [-0.3, -0.25) is 4.79 Å². The Kier molecular flexibility index (Phi) is 6.71. The zero-order valence-electron chi connectivity index (χ0n) is 19.0. The molecule has 0 unspecified atom stereocenters. The van der Waals surface area contributed by atoms with Crippen molar-refractivity contribution in [2.75, 3.05) is 29.9 Å². The van der Waals surface area contributed by atoms with E-state index in [-0.39, 0.29) is 5.54 Å². The molecule has 3 aromatic carbocycles. The number of amides is 1. The van der Waals surface area contributed by atoms with Gasteiger partial charge in [-0.2, -0.15) is 0 Å². The molecule has 33 heavy (non-hydrogen) atoms. The number of halogens is 2. The van der Waals surface area contributed by atoms with E-state index in [1.54, 1.807) is 6.07 Å². The molecule has 1 amide bonds. The highest BCUT2D eigenvalue weighted by atomic mass is 79.9. The normalized spacial score (nSPS) is 15.4. The molecule has 0 radical (unpaired) electrons. The highest BCUT2D eigenvalue weighted by molar-refractivity contribution is 9.10. The topological polar surface area (TPSA) is 70.4 Å². The Morgan fingerprint density at radius 3 is 2.64 bits per heavy atom. The lowest BCUT2D eigenvalue weighted by Crippen LogP contribution is -2.57. The number of benzene rings is 3. The molecule has 1 saturated heterocycles. The van der Waals surface area contributed by atoms with E-state index in [4.69, 9.17) is 17.3 Å². The van der Waals surface area contributed by atoms with E-state index in [0.29, 0.717) is 16.3 Å². The van der Waals surface area contributed by atoms with E-state index in [1.165, 1.54) is 0 Å². The van der Waals surface area contributed by atoms with Crippen LogP contribution in [0, 0.1) is 6.92 Å². The fraction of sp³-hybridized carbons (Fsp3) is 0.269. The van der Waals surface area contributed by atoms with Gasteiger partial charge in [0.15, 0.2) is 0 Å². The third-order valence-electron chi connectivity index (χ3n) is 5.81. The molecule has 0 aliphatic carbocycles. The molecular formula is C26H28BrClN4O. The van der Waals surface area contributed by atoms with Crippen LogP contribution in [0.2, 0.25) is 5.02 Å². The lowest BCUT2D eigenvalue weighted by atomic mass is 9.98.